The molecule has 0 aliphatic rings. The highest BCUT2D eigenvalue weighted by Gasteiger charge is 2.23. The second kappa shape index (κ2) is 24.6. The molecule has 0 spiro atoms. The average molecular weight is 891 g/mol. The van der Waals surface area contributed by atoms with Crippen molar-refractivity contribution in [1.82, 2.24) is 30.9 Å². The van der Waals surface area contributed by atoms with E-state index in [1.165, 1.54) is 0 Å². The Labute approximate surface area is 367 Å². The molecular weight excluding hydrogens is 833 g/mol. The summed E-state index contributed by atoms with van der Waals surface area (Å²) in [5.41, 5.74) is 8.97. The fraction of sp³-hybridized carbons (Fsp3) is 0.432. The summed E-state index contributed by atoms with van der Waals surface area (Å²) in [6, 6.07) is 19.5. The first-order valence-corrected chi connectivity index (χ1v) is 22.5. The number of hydrogen-bond donors (Lipinski definition) is 5. The summed E-state index contributed by atoms with van der Waals surface area (Å²) in [7, 11) is -3.28. The predicted molar refractivity (Wildman–Crippen MR) is 235 cm³/mol. The zero-order valence-electron chi connectivity index (χ0n) is 36.2. The minimum absolute atomic E-state index is 0.104. The van der Waals surface area contributed by atoms with Gasteiger partial charge in [-0.25, -0.2) is 13.1 Å². The van der Waals surface area contributed by atoms with E-state index < -0.39 is 45.6 Å². The monoisotopic (exact) mass is 890 g/mol. The van der Waals surface area contributed by atoms with E-state index in [0.717, 1.165) is 22.9 Å². The molecule has 1 heterocycles. The molecule has 3 aromatic carbocycles. The normalized spacial score (nSPS) is 12.0. The molecule has 0 fully saturated rings. The first kappa shape index (κ1) is 49.6. The lowest BCUT2D eigenvalue weighted by Crippen LogP contribution is -2.45. The van der Waals surface area contributed by atoms with Gasteiger partial charge in [-0.1, -0.05) is 41.6 Å². The highest BCUT2D eigenvalue weighted by atomic mass is 32.2. The van der Waals surface area contributed by atoms with Crippen LogP contribution in [0.3, 0.4) is 0 Å². The van der Waals surface area contributed by atoms with E-state index in [2.05, 4.69) is 31.6 Å². The third-order valence-electron chi connectivity index (χ3n) is 9.30. The lowest BCUT2D eigenvalue weighted by Gasteiger charge is -2.19. The van der Waals surface area contributed by atoms with Crippen molar-refractivity contribution in [2.45, 2.75) is 77.1 Å². The number of benzene rings is 3. The standard InChI is InChI=1S/C44H58N8O10S/c1-44(2,3)43(57)62-28-31-9-17-35(18-10-31)48-42(56)38(8-5-6-21-45)49-40(54)30-61-29-39(53)46-22-7-24-60-25-23-52-27-36(50-51-52)26-47-41(55)34-13-11-32(12-14-34)33-15-19-37(20-16-33)63(4,58)59/h9-20,27,38H,5-8,21-26,28-30,45H2,1-4H3,(H,46,53)(H,47,55)(H,48,56)(H,49,54)/t38-/m0/s1. The van der Waals surface area contributed by atoms with Gasteiger partial charge in [-0.3, -0.25) is 24.0 Å². The summed E-state index contributed by atoms with van der Waals surface area (Å²) in [4.78, 5) is 63.0. The van der Waals surface area contributed by atoms with Crippen LogP contribution in [0.5, 0.6) is 0 Å². The van der Waals surface area contributed by atoms with Crippen molar-refractivity contribution in [3.63, 3.8) is 0 Å². The smallest absolute Gasteiger partial charge is 0.311 e. The first-order valence-electron chi connectivity index (χ1n) is 20.6. The number of nitrogens with two attached hydrogens (primary N) is 1. The molecule has 63 heavy (non-hydrogen) atoms. The number of carbonyl (C=O) groups excluding carboxylic acids is 5. The van der Waals surface area contributed by atoms with E-state index >= 15 is 0 Å². The molecule has 0 aliphatic carbocycles. The van der Waals surface area contributed by atoms with Crippen LogP contribution < -0.4 is 27.0 Å². The molecule has 1 atom stereocenters. The molecule has 0 bridgehead atoms. The number of anilines is 1. The zero-order chi connectivity index (χ0) is 45.8. The number of unbranched alkanes of at least 4 members (excludes halogenated alkanes) is 1. The largest absolute Gasteiger partial charge is 0.460 e. The molecule has 4 aromatic rings. The van der Waals surface area contributed by atoms with Crippen molar-refractivity contribution < 1.29 is 46.6 Å². The summed E-state index contributed by atoms with van der Waals surface area (Å²) < 4.78 is 41.3. The molecule has 0 radical (unpaired) electrons. The van der Waals surface area contributed by atoms with Gasteiger partial charge in [0.05, 0.1) is 36.2 Å². The number of aromatic nitrogens is 3. The number of sulfone groups is 1. The molecule has 4 rings (SSSR count). The van der Waals surface area contributed by atoms with Crippen molar-refractivity contribution in [2.75, 3.05) is 51.1 Å². The molecule has 340 valence electrons. The Kier molecular flexibility index (Phi) is 19.4. The van der Waals surface area contributed by atoms with Gasteiger partial charge in [0.25, 0.3) is 5.91 Å². The summed E-state index contributed by atoms with van der Waals surface area (Å²) in [5.74, 6) is -1.97. The van der Waals surface area contributed by atoms with Crippen LogP contribution >= 0.6 is 0 Å². The molecule has 0 unspecified atom stereocenters. The van der Waals surface area contributed by atoms with Crippen LogP contribution in [0.1, 0.15) is 68.1 Å². The minimum Gasteiger partial charge on any atom is -0.460 e. The van der Waals surface area contributed by atoms with E-state index in [-0.39, 0.29) is 36.5 Å². The Balaban J connectivity index is 1.06. The maximum absolute atomic E-state index is 13.1. The number of amides is 4. The molecule has 0 saturated carbocycles. The second-order valence-electron chi connectivity index (χ2n) is 15.8. The lowest BCUT2D eigenvalue weighted by molar-refractivity contribution is -0.154. The highest BCUT2D eigenvalue weighted by Crippen LogP contribution is 2.22. The molecule has 18 nitrogen and oxygen atoms in total. The number of rotatable bonds is 25. The van der Waals surface area contributed by atoms with E-state index in [4.69, 9.17) is 19.9 Å². The SMILES string of the molecule is CC(C)(C)C(=O)OCc1ccc(NC(=O)[C@H](CCCCN)NC(=O)COCC(=O)NCCCOCCn2cc(CNC(=O)c3ccc(-c4ccc(S(C)(=O)=O)cc4)cc3)nn2)cc1. The van der Waals surface area contributed by atoms with E-state index in [1.54, 1.807) is 104 Å². The highest BCUT2D eigenvalue weighted by molar-refractivity contribution is 7.90. The van der Waals surface area contributed by atoms with Gasteiger partial charge >= 0.3 is 5.97 Å². The molecule has 0 saturated heterocycles. The molecule has 1 aromatic heterocycles. The Bertz CT molecular complexity index is 2220. The number of carbonyl (C=O) groups is 5. The fourth-order valence-electron chi connectivity index (χ4n) is 5.74. The fourth-order valence-corrected chi connectivity index (χ4v) is 6.37. The number of ether oxygens (including phenoxy) is 3. The van der Waals surface area contributed by atoms with Crippen molar-refractivity contribution in [3.8, 4) is 11.1 Å². The van der Waals surface area contributed by atoms with Gasteiger partial charge in [-0.15, -0.1) is 5.10 Å². The first-order chi connectivity index (χ1) is 30.0. The van der Waals surface area contributed by atoms with Crippen molar-refractivity contribution in [1.29, 1.82) is 0 Å². The third-order valence-corrected chi connectivity index (χ3v) is 10.4. The number of nitrogens with zero attached hydrogens (tertiary/aromatic N) is 3. The maximum atomic E-state index is 13.1. The number of nitrogens with one attached hydrogen (secondary N) is 4. The molecule has 0 aliphatic heterocycles. The van der Waals surface area contributed by atoms with Crippen molar-refractivity contribution in [3.05, 3.63) is 95.8 Å². The van der Waals surface area contributed by atoms with Gasteiger partial charge in [-0.05, 0) is 106 Å². The molecule has 19 heteroatoms. The predicted octanol–water partition coefficient (Wildman–Crippen LogP) is 3.16. The van der Waals surface area contributed by atoms with Gasteiger partial charge in [0.15, 0.2) is 9.84 Å². The summed E-state index contributed by atoms with van der Waals surface area (Å²) in [6.07, 6.45) is 5.04. The Morgan fingerprint density at radius 2 is 1.48 bits per heavy atom. The zero-order valence-corrected chi connectivity index (χ0v) is 37.0. The average Bonchev–Trinajstić information content (AvgIpc) is 3.71. The quantitative estimate of drug-likeness (QED) is 0.0475. The summed E-state index contributed by atoms with van der Waals surface area (Å²) in [6.45, 7) is 6.75. The third kappa shape index (κ3) is 17.7. The topological polar surface area (TPSA) is 252 Å². The van der Waals surface area contributed by atoms with Crippen LogP contribution in [0.2, 0.25) is 0 Å². The van der Waals surface area contributed by atoms with Crippen LogP contribution in [0.15, 0.2) is 83.9 Å². The Morgan fingerprint density at radius 1 is 0.810 bits per heavy atom. The van der Waals surface area contributed by atoms with Crippen molar-refractivity contribution in [2.24, 2.45) is 11.1 Å². The molecule has 6 N–H and O–H groups in total. The van der Waals surface area contributed by atoms with Gasteiger partial charge < -0.3 is 41.2 Å². The van der Waals surface area contributed by atoms with E-state index in [9.17, 15) is 32.4 Å². The van der Waals surface area contributed by atoms with Crippen LogP contribution in [-0.4, -0.2) is 105 Å². The van der Waals surface area contributed by atoms with E-state index in [1.807, 2.05) is 0 Å². The van der Waals surface area contributed by atoms with Gasteiger partial charge in [0.2, 0.25) is 17.7 Å². The Morgan fingerprint density at radius 3 is 2.13 bits per heavy atom. The van der Waals surface area contributed by atoms with Crippen LogP contribution in [-0.2, 0) is 62.9 Å². The molecule has 4 amide bonds. The summed E-state index contributed by atoms with van der Waals surface area (Å²) in [5, 5.41) is 19.2. The number of hydrogen-bond acceptors (Lipinski definition) is 13. The lowest BCUT2D eigenvalue weighted by atomic mass is 9.97. The van der Waals surface area contributed by atoms with Crippen LogP contribution in [0.4, 0.5) is 5.69 Å². The number of esters is 1. The van der Waals surface area contributed by atoms with Crippen LogP contribution in [0.25, 0.3) is 11.1 Å². The Hall–Kier alpha value is -6.02. The van der Waals surface area contributed by atoms with Gasteiger partial charge in [-0.2, -0.15) is 0 Å². The van der Waals surface area contributed by atoms with E-state index in [0.29, 0.717) is 75.5 Å². The van der Waals surface area contributed by atoms with Gasteiger partial charge in [0.1, 0.15) is 31.6 Å². The molecular formula is C44H58N8O10S. The second-order valence-corrected chi connectivity index (χ2v) is 17.8. The van der Waals surface area contributed by atoms with Gasteiger partial charge in [0, 0.05) is 30.7 Å². The minimum atomic E-state index is -3.28. The van der Waals surface area contributed by atoms with Crippen LogP contribution in [0, 0.1) is 5.41 Å². The summed E-state index contributed by atoms with van der Waals surface area (Å²) >= 11 is 0. The maximum Gasteiger partial charge on any atom is 0.311 e. The van der Waals surface area contributed by atoms with Crippen molar-refractivity contribution >= 4 is 45.1 Å².